The van der Waals surface area contributed by atoms with Crippen molar-refractivity contribution >= 4 is 38.3 Å². The summed E-state index contributed by atoms with van der Waals surface area (Å²) in [7, 11) is 0. The minimum atomic E-state index is -0.415. The van der Waals surface area contributed by atoms with Crippen LogP contribution in [-0.4, -0.2) is 12.2 Å². The number of aryl methyl sites for hydroxylation is 2. The highest BCUT2D eigenvalue weighted by molar-refractivity contribution is 9.15. The number of aldehydes is 1. The summed E-state index contributed by atoms with van der Waals surface area (Å²) < 4.78 is 14.2. The van der Waals surface area contributed by atoms with Crippen LogP contribution in [0, 0.1) is 19.7 Å². The maximum absolute atomic E-state index is 13.7. The molecule has 0 aliphatic carbocycles. The fourth-order valence-electron chi connectivity index (χ4n) is 2.91. The summed E-state index contributed by atoms with van der Waals surface area (Å²) in [4.78, 5) is 25.7. The van der Waals surface area contributed by atoms with E-state index in [0.29, 0.717) is 34.1 Å². The molecule has 1 aliphatic heterocycles. The maximum Gasteiger partial charge on any atom is 0.231 e. The van der Waals surface area contributed by atoms with Crippen molar-refractivity contribution in [3.63, 3.8) is 0 Å². The van der Waals surface area contributed by atoms with E-state index in [1.165, 1.54) is 17.7 Å². The van der Waals surface area contributed by atoms with Crippen molar-refractivity contribution in [1.82, 2.24) is 0 Å². The van der Waals surface area contributed by atoms with E-state index in [1.807, 2.05) is 32.0 Å². The van der Waals surface area contributed by atoms with Gasteiger partial charge in [0.2, 0.25) is 5.91 Å². The second-order valence-corrected chi connectivity index (χ2v) is 6.99. The van der Waals surface area contributed by atoms with Gasteiger partial charge in [-0.25, -0.2) is 4.39 Å². The van der Waals surface area contributed by atoms with E-state index < -0.39 is 5.82 Å². The summed E-state index contributed by atoms with van der Waals surface area (Å²) >= 11 is 3.36. The molecule has 128 valence electrons. The summed E-state index contributed by atoms with van der Waals surface area (Å²) in [6, 6.07) is 10.3. The van der Waals surface area contributed by atoms with Crippen molar-refractivity contribution in [1.29, 1.82) is 0 Å². The molecule has 25 heavy (non-hydrogen) atoms. The largest absolute Gasteiger partial charge is 0.307 e. The smallest absolute Gasteiger partial charge is 0.231 e. The van der Waals surface area contributed by atoms with Gasteiger partial charge >= 0.3 is 0 Å². The Bertz CT molecular complexity index is 905. The van der Waals surface area contributed by atoms with Gasteiger partial charge < -0.3 is 4.90 Å². The van der Waals surface area contributed by atoms with Crippen molar-refractivity contribution < 1.29 is 14.0 Å². The highest BCUT2D eigenvalue weighted by Gasteiger charge is 2.27. The molecular formula is C20H17BrFNO2. The Morgan fingerprint density at radius 2 is 1.92 bits per heavy atom. The first kappa shape index (κ1) is 17.5. The van der Waals surface area contributed by atoms with Gasteiger partial charge in [0.25, 0.3) is 0 Å². The van der Waals surface area contributed by atoms with Crippen LogP contribution in [0.1, 0.15) is 28.7 Å². The Kier molecular flexibility index (Phi) is 4.86. The molecule has 1 heterocycles. The number of carbonyl (C=O) groups is 2. The molecule has 0 spiro atoms. The van der Waals surface area contributed by atoms with Crippen LogP contribution in [0.4, 0.5) is 10.1 Å². The lowest BCUT2D eigenvalue weighted by Crippen LogP contribution is -2.30. The first-order valence-corrected chi connectivity index (χ1v) is 8.70. The van der Waals surface area contributed by atoms with Gasteiger partial charge in [-0.2, -0.15) is 0 Å². The van der Waals surface area contributed by atoms with Gasteiger partial charge in [0.15, 0.2) is 0 Å². The number of anilines is 1. The zero-order valence-corrected chi connectivity index (χ0v) is 15.6. The SMILES string of the molecule is Cc1ccc(CN2C(=O)CC(C=O)=C(Br)c3cc(F)ccc32)cc1C. The highest BCUT2D eigenvalue weighted by atomic mass is 79.9. The number of hydrogen-bond donors (Lipinski definition) is 0. The monoisotopic (exact) mass is 401 g/mol. The van der Waals surface area contributed by atoms with E-state index in [1.54, 1.807) is 11.0 Å². The lowest BCUT2D eigenvalue weighted by molar-refractivity contribution is -0.118. The molecule has 1 amide bonds. The molecular weight excluding hydrogens is 385 g/mol. The third kappa shape index (κ3) is 3.42. The van der Waals surface area contributed by atoms with Crippen LogP contribution in [0.3, 0.4) is 0 Å². The van der Waals surface area contributed by atoms with Crippen LogP contribution in [0.5, 0.6) is 0 Å². The standard InChI is InChI=1S/C20H17BrFNO2/c1-12-3-4-14(7-13(12)2)10-23-18-6-5-16(22)9-17(18)20(21)15(11-24)8-19(23)25/h3-7,9,11H,8,10H2,1-2H3. The van der Waals surface area contributed by atoms with Gasteiger partial charge in [-0.3, -0.25) is 9.59 Å². The van der Waals surface area contributed by atoms with Crippen LogP contribution < -0.4 is 4.90 Å². The molecule has 0 fully saturated rings. The second-order valence-electron chi connectivity index (χ2n) is 6.19. The average molecular weight is 402 g/mol. The Labute approximate surface area is 154 Å². The first-order valence-electron chi connectivity index (χ1n) is 7.91. The van der Waals surface area contributed by atoms with Gasteiger partial charge in [-0.05, 0) is 64.7 Å². The van der Waals surface area contributed by atoms with Crippen LogP contribution in [0.25, 0.3) is 4.48 Å². The van der Waals surface area contributed by atoms with Crippen molar-refractivity contribution in [2.24, 2.45) is 0 Å². The summed E-state index contributed by atoms with van der Waals surface area (Å²) in [5.74, 6) is -0.607. The fraction of sp³-hybridized carbons (Fsp3) is 0.200. The molecule has 0 N–H and O–H groups in total. The van der Waals surface area contributed by atoms with E-state index in [9.17, 15) is 14.0 Å². The van der Waals surface area contributed by atoms with Crippen molar-refractivity contribution in [2.45, 2.75) is 26.8 Å². The molecule has 3 rings (SSSR count). The fourth-order valence-corrected chi connectivity index (χ4v) is 3.47. The normalized spacial score (nSPS) is 14.4. The number of amides is 1. The van der Waals surface area contributed by atoms with Crippen LogP contribution in [0.15, 0.2) is 42.0 Å². The number of benzene rings is 2. The topological polar surface area (TPSA) is 37.4 Å². The minimum absolute atomic E-state index is 0.0226. The Hall–Kier alpha value is -2.27. The molecule has 0 bridgehead atoms. The number of halogens is 2. The van der Waals surface area contributed by atoms with E-state index in [4.69, 9.17) is 0 Å². The van der Waals surface area contributed by atoms with Crippen LogP contribution in [0.2, 0.25) is 0 Å². The van der Waals surface area contributed by atoms with Crippen LogP contribution in [-0.2, 0) is 16.1 Å². The highest BCUT2D eigenvalue weighted by Crippen LogP contribution is 2.38. The van der Waals surface area contributed by atoms with Crippen molar-refractivity contribution in [3.05, 3.63) is 70.0 Å². The number of hydrogen-bond acceptors (Lipinski definition) is 2. The van der Waals surface area contributed by atoms with Gasteiger partial charge in [0.05, 0.1) is 18.7 Å². The molecule has 3 nitrogen and oxygen atoms in total. The number of nitrogens with zero attached hydrogens (tertiary/aromatic N) is 1. The predicted molar refractivity (Wildman–Crippen MR) is 100 cm³/mol. The third-order valence-electron chi connectivity index (χ3n) is 4.46. The van der Waals surface area contributed by atoms with E-state index in [2.05, 4.69) is 15.9 Å². The molecule has 1 aliphatic rings. The quantitative estimate of drug-likeness (QED) is 0.699. The zero-order valence-electron chi connectivity index (χ0n) is 14.0. The molecule has 2 aromatic carbocycles. The lowest BCUT2D eigenvalue weighted by atomic mass is 10.1. The molecule has 0 radical (unpaired) electrons. The van der Waals surface area contributed by atoms with E-state index in [0.717, 1.165) is 11.1 Å². The number of rotatable bonds is 3. The Balaban J connectivity index is 2.09. The lowest BCUT2D eigenvalue weighted by Gasteiger charge is -2.24. The molecule has 5 heteroatoms. The molecule has 2 aromatic rings. The molecule has 0 aromatic heterocycles. The molecule has 0 unspecified atom stereocenters. The zero-order chi connectivity index (χ0) is 18.1. The minimum Gasteiger partial charge on any atom is -0.307 e. The second kappa shape index (κ2) is 6.92. The number of fused-ring (bicyclic) bond motifs is 1. The first-order chi connectivity index (χ1) is 11.9. The van der Waals surface area contributed by atoms with Crippen LogP contribution >= 0.6 is 15.9 Å². The van der Waals surface area contributed by atoms with Gasteiger partial charge in [0.1, 0.15) is 12.1 Å². The van der Waals surface area contributed by atoms with Gasteiger partial charge in [-0.15, -0.1) is 0 Å². The molecule has 0 saturated heterocycles. The van der Waals surface area contributed by atoms with Crippen molar-refractivity contribution in [2.75, 3.05) is 4.90 Å². The predicted octanol–water partition coefficient (Wildman–Crippen LogP) is 4.68. The Morgan fingerprint density at radius 1 is 1.16 bits per heavy atom. The Morgan fingerprint density at radius 3 is 2.60 bits per heavy atom. The third-order valence-corrected chi connectivity index (χ3v) is 5.40. The maximum atomic E-state index is 13.7. The molecule has 0 atom stereocenters. The summed E-state index contributed by atoms with van der Waals surface area (Å²) in [5, 5.41) is 0. The number of carbonyl (C=O) groups excluding carboxylic acids is 2. The summed E-state index contributed by atoms with van der Waals surface area (Å²) in [6.45, 7) is 4.42. The van der Waals surface area contributed by atoms with Crippen molar-refractivity contribution in [3.8, 4) is 0 Å². The summed E-state index contributed by atoms with van der Waals surface area (Å²) in [5.41, 5.74) is 4.73. The van der Waals surface area contributed by atoms with E-state index in [-0.39, 0.29) is 12.3 Å². The summed E-state index contributed by atoms with van der Waals surface area (Å²) in [6.07, 6.45) is 0.626. The molecule has 0 saturated carbocycles. The van der Waals surface area contributed by atoms with Gasteiger partial charge in [0, 0.05) is 15.6 Å². The average Bonchev–Trinajstić information content (AvgIpc) is 2.68. The van der Waals surface area contributed by atoms with Gasteiger partial charge in [-0.1, -0.05) is 18.2 Å². The van der Waals surface area contributed by atoms with E-state index >= 15 is 0 Å².